The zero-order chi connectivity index (χ0) is 7.68. The van der Waals surface area contributed by atoms with Gasteiger partial charge in [0, 0.05) is 12.4 Å². The summed E-state index contributed by atoms with van der Waals surface area (Å²) in [6.07, 6.45) is 5.22. The molecule has 2 aliphatic rings. The maximum absolute atomic E-state index is 8.54. The summed E-state index contributed by atoms with van der Waals surface area (Å²) in [5.41, 5.74) is 3.43. The summed E-state index contributed by atoms with van der Waals surface area (Å²) < 4.78 is 0. The summed E-state index contributed by atoms with van der Waals surface area (Å²) in [7, 11) is 0. The number of allylic oxidation sites excluding steroid dienone is 1. The summed E-state index contributed by atoms with van der Waals surface area (Å²) in [6.45, 7) is 0. The summed E-state index contributed by atoms with van der Waals surface area (Å²) in [5.74, 6) is 0.162. The first-order chi connectivity index (χ1) is 5.40. The van der Waals surface area contributed by atoms with E-state index < -0.39 is 0 Å². The maximum atomic E-state index is 8.54. The van der Waals surface area contributed by atoms with Crippen molar-refractivity contribution >= 4 is 12.4 Å². The van der Waals surface area contributed by atoms with E-state index >= 15 is 0 Å². The number of dihydropyridines is 1. The number of hydrogen-bond donors (Lipinski definition) is 1. The molecular weight excluding hydrogens is 140 g/mol. The molecule has 2 atom stereocenters. The molecule has 1 N–H and O–H groups in total. The average Bonchev–Trinajstić information content (AvgIpc) is 2.50. The summed E-state index contributed by atoms with van der Waals surface area (Å²) in [4.78, 5) is 4.09. The van der Waals surface area contributed by atoms with Crippen molar-refractivity contribution in [1.29, 1.82) is 5.26 Å². The fourth-order valence-corrected chi connectivity index (χ4v) is 1.12. The minimum Gasteiger partial charge on any atom is -0.285 e. The van der Waals surface area contributed by atoms with Gasteiger partial charge in [-0.1, -0.05) is 6.08 Å². The van der Waals surface area contributed by atoms with E-state index in [1.807, 2.05) is 12.1 Å². The van der Waals surface area contributed by atoms with Gasteiger partial charge in [0.15, 0.2) is 0 Å². The van der Waals surface area contributed by atoms with Gasteiger partial charge in [0.2, 0.25) is 0 Å². The molecule has 0 bridgehead atoms. The first-order valence-electron chi connectivity index (χ1n) is 3.34. The third-order valence-electron chi connectivity index (χ3n) is 1.69. The number of nitrogens with one attached hydrogen (secondary N) is 1. The molecule has 0 saturated heterocycles. The fraction of sp³-hybridized carbons (Fsp3) is 0.286. The molecule has 0 aliphatic carbocycles. The van der Waals surface area contributed by atoms with Crippen molar-refractivity contribution in [2.75, 3.05) is 0 Å². The molecule has 0 saturated carbocycles. The van der Waals surface area contributed by atoms with Crippen LogP contribution in [0.3, 0.4) is 0 Å². The molecular formula is C7H6N4. The molecule has 0 fully saturated rings. The van der Waals surface area contributed by atoms with E-state index in [-0.39, 0.29) is 12.1 Å². The predicted molar refractivity (Wildman–Crippen MR) is 41.1 cm³/mol. The van der Waals surface area contributed by atoms with Crippen LogP contribution in [0.25, 0.3) is 0 Å². The quantitative estimate of drug-likeness (QED) is 0.525. The topological polar surface area (TPSA) is 60.5 Å². The number of nitrogens with zero attached hydrogens (tertiary/aromatic N) is 3. The van der Waals surface area contributed by atoms with Crippen LogP contribution in [-0.2, 0) is 0 Å². The number of fused-ring (bicyclic) bond motifs is 1. The molecule has 4 nitrogen and oxygen atoms in total. The van der Waals surface area contributed by atoms with E-state index in [0.717, 1.165) is 0 Å². The van der Waals surface area contributed by atoms with Gasteiger partial charge in [-0.05, 0) is 0 Å². The largest absolute Gasteiger partial charge is 0.285 e. The number of rotatable bonds is 0. The van der Waals surface area contributed by atoms with Gasteiger partial charge in [-0.15, -0.1) is 0 Å². The molecule has 54 valence electrons. The third kappa shape index (κ3) is 0.905. The van der Waals surface area contributed by atoms with Crippen LogP contribution in [0.15, 0.2) is 21.7 Å². The Morgan fingerprint density at radius 1 is 1.64 bits per heavy atom. The van der Waals surface area contributed by atoms with E-state index in [1.165, 1.54) is 0 Å². The number of hydrogen-bond acceptors (Lipinski definition) is 4. The second-order valence-corrected chi connectivity index (χ2v) is 2.44. The standard InChI is InChI=1S/C7H6N4/c8-2-5-1-6-4-10-11-7(6)9-3-5/h1,3-4,6-7,11H. The molecule has 4 heteroatoms. The van der Waals surface area contributed by atoms with E-state index in [1.54, 1.807) is 12.4 Å². The molecule has 0 aromatic heterocycles. The van der Waals surface area contributed by atoms with Gasteiger partial charge in [-0.25, -0.2) is 0 Å². The average molecular weight is 146 g/mol. The lowest BCUT2D eigenvalue weighted by Gasteiger charge is -2.13. The van der Waals surface area contributed by atoms with Crippen molar-refractivity contribution in [2.24, 2.45) is 16.0 Å². The smallest absolute Gasteiger partial charge is 0.145 e. The molecule has 11 heavy (non-hydrogen) atoms. The molecule has 0 amide bonds. The zero-order valence-corrected chi connectivity index (χ0v) is 5.73. The molecule has 0 spiro atoms. The van der Waals surface area contributed by atoms with Gasteiger partial charge in [0.1, 0.15) is 12.2 Å². The second kappa shape index (κ2) is 2.20. The zero-order valence-electron chi connectivity index (χ0n) is 5.73. The Kier molecular flexibility index (Phi) is 1.22. The van der Waals surface area contributed by atoms with Crippen LogP contribution in [0.2, 0.25) is 0 Å². The third-order valence-corrected chi connectivity index (χ3v) is 1.69. The molecule has 2 heterocycles. The Morgan fingerprint density at radius 3 is 3.36 bits per heavy atom. The summed E-state index contributed by atoms with van der Waals surface area (Å²) in [6, 6.07) is 2.04. The van der Waals surface area contributed by atoms with Crippen molar-refractivity contribution in [3.63, 3.8) is 0 Å². The Hall–Kier alpha value is -1.63. The van der Waals surface area contributed by atoms with Gasteiger partial charge in [-0.2, -0.15) is 10.4 Å². The van der Waals surface area contributed by atoms with E-state index in [9.17, 15) is 0 Å². The van der Waals surface area contributed by atoms with Crippen molar-refractivity contribution in [1.82, 2.24) is 5.43 Å². The van der Waals surface area contributed by atoms with E-state index in [0.29, 0.717) is 5.57 Å². The molecule has 2 unspecified atom stereocenters. The summed E-state index contributed by atoms with van der Waals surface area (Å²) in [5, 5.41) is 12.4. The molecule has 2 aliphatic heterocycles. The van der Waals surface area contributed by atoms with Gasteiger partial charge >= 0.3 is 0 Å². The van der Waals surface area contributed by atoms with E-state index in [4.69, 9.17) is 5.26 Å². The predicted octanol–water partition coefficient (Wildman–Crippen LogP) is 0.0521. The highest BCUT2D eigenvalue weighted by Gasteiger charge is 2.23. The van der Waals surface area contributed by atoms with Crippen molar-refractivity contribution in [3.05, 3.63) is 11.6 Å². The van der Waals surface area contributed by atoms with Gasteiger partial charge < -0.3 is 0 Å². The van der Waals surface area contributed by atoms with Crippen molar-refractivity contribution in [2.45, 2.75) is 6.17 Å². The highest BCUT2D eigenvalue weighted by molar-refractivity contribution is 5.87. The monoisotopic (exact) mass is 146 g/mol. The summed E-state index contributed by atoms with van der Waals surface area (Å²) >= 11 is 0. The van der Waals surface area contributed by atoms with Crippen LogP contribution in [0.1, 0.15) is 0 Å². The number of aliphatic imine (C=N–C) groups is 1. The van der Waals surface area contributed by atoms with Gasteiger partial charge in [-0.3, -0.25) is 10.4 Å². The second-order valence-electron chi connectivity index (χ2n) is 2.44. The normalized spacial score (nSPS) is 32.1. The van der Waals surface area contributed by atoms with Crippen LogP contribution in [0.5, 0.6) is 0 Å². The first kappa shape index (κ1) is 6.10. The fourth-order valence-electron chi connectivity index (χ4n) is 1.12. The number of nitriles is 1. The molecule has 0 radical (unpaired) electrons. The Bertz CT molecular complexity index is 294. The lowest BCUT2D eigenvalue weighted by molar-refractivity contribution is 0.549. The first-order valence-corrected chi connectivity index (χ1v) is 3.34. The van der Waals surface area contributed by atoms with Crippen molar-refractivity contribution < 1.29 is 0 Å². The Labute approximate surface area is 63.9 Å². The van der Waals surface area contributed by atoms with Crippen LogP contribution in [0, 0.1) is 17.2 Å². The van der Waals surface area contributed by atoms with Crippen LogP contribution < -0.4 is 5.43 Å². The van der Waals surface area contributed by atoms with Crippen LogP contribution in [-0.4, -0.2) is 18.6 Å². The van der Waals surface area contributed by atoms with Gasteiger partial charge in [0.25, 0.3) is 0 Å². The molecule has 0 aromatic rings. The number of hydrazone groups is 1. The highest BCUT2D eigenvalue weighted by Crippen LogP contribution is 2.15. The lowest BCUT2D eigenvalue weighted by Crippen LogP contribution is -2.26. The lowest BCUT2D eigenvalue weighted by atomic mass is 10.0. The maximum Gasteiger partial charge on any atom is 0.145 e. The van der Waals surface area contributed by atoms with Crippen LogP contribution in [0.4, 0.5) is 0 Å². The molecule has 2 rings (SSSR count). The minimum absolute atomic E-state index is 0.0205. The molecule has 0 aromatic carbocycles. The minimum atomic E-state index is 0.0205. The van der Waals surface area contributed by atoms with E-state index in [2.05, 4.69) is 15.5 Å². The SMILES string of the molecule is N#CC1=CC2C=NNC2N=C1. The van der Waals surface area contributed by atoms with Crippen molar-refractivity contribution in [3.8, 4) is 6.07 Å². The van der Waals surface area contributed by atoms with Gasteiger partial charge in [0.05, 0.1) is 11.5 Å². The Morgan fingerprint density at radius 2 is 2.55 bits per heavy atom. The Balaban J connectivity index is 2.28. The van der Waals surface area contributed by atoms with Crippen LogP contribution >= 0.6 is 0 Å². The highest BCUT2D eigenvalue weighted by atomic mass is 15.4.